The summed E-state index contributed by atoms with van der Waals surface area (Å²) in [5, 5.41) is 3.90. The fourth-order valence-electron chi connectivity index (χ4n) is 2.54. The predicted molar refractivity (Wildman–Crippen MR) is 77.0 cm³/mol. The van der Waals surface area contributed by atoms with E-state index < -0.39 is 0 Å². The molecule has 1 aromatic carbocycles. The van der Waals surface area contributed by atoms with Crippen molar-refractivity contribution >= 4 is 11.8 Å². The molecule has 1 aliphatic rings. The Morgan fingerprint density at radius 2 is 2.17 bits per heavy atom. The predicted octanol–water partition coefficient (Wildman–Crippen LogP) is 2.92. The Balaban J connectivity index is 1.70. The van der Waals surface area contributed by atoms with E-state index in [1.165, 1.54) is 22.6 Å². The Morgan fingerprint density at radius 3 is 3.00 bits per heavy atom. The molecule has 2 nitrogen and oxygen atoms in total. The number of hydrogen-bond acceptors (Lipinski definition) is 2. The van der Waals surface area contributed by atoms with Gasteiger partial charge in [0.15, 0.2) is 0 Å². The summed E-state index contributed by atoms with van der Waals surface area (Å²) in [5.74, 6) is 0. The molecule has 1 N–H and O–H groups in total. The summed E-state index contributed by atoms with van der Waals surface area (Å²) < 4.78 is 2.38. The maximum absolute atomic E-state index is 3.22. The third kappa shape index (κ3) is 2.33. The van der Waals surface area contributed by atoms with Crippen molar-refractivity contribution in [1.82, 2.24) is 9.88 Å². The third-order valence-corrected chi connectivity index (χ3v) is 4.70. The van der Waals surface area contributed by atoms with Gasteiger partial charge in [0.1, 0.15) is 0 Å². The molecule has 0 amide bonds. The zero-order chi connectivity index (χ0) is 12.4. The van der Waals surface area contributed by atoms with Gasteiger partial charge in [-0.15, -0.1) is 11.8 Å². The highest BCUT2D eigenvalue weighted by Gasteiger charge is 2.22. The standard InChI is InChI=1S/C15H18N2S/c1-16-10-13-6-4-8-17(13)11-14-9-12-5-2-3-7-15(12)18-14/h2-8,14,16H,9-11H2,1H3. The summed E-state index contributed by atoms with van der Waals surface area (Å²) in [6.07, 6.45) is 3.38. The zero-order valence-corrected chi connectivity index (χ0v) is 11.4. The maximum Gasteiger partial charge on any atom is 0.0356 e. The van der Waals surface area contributed by atoms with Crippen LogP contribution in [0.2, 0.25) is 0 Å². The molecular formula is C15H18N2S. The first kappa shape index (κ1) is 11.9. The van der Waals surface area contributed by atoms with Crippen LogP contribution in [-0.4, -0.2) is 16.9 Å². The molecule has 3 rings (SSSR count). The Labute approximate surface area is 112 Å². The molecule has 0 bridgehead atoms. The van der Waals surface area contributed by atoms with Crippen LogP contribution >= 0.6 is 11.8 Å². The summed E-state index contributed by atoms with van der Waals surface area (Å²) in [6, 6.07) is 13.1. The lowest BCUT2D eigenvalue weighted by Gasteiger charge is -2.13. The number of benzene rings is 1. The second-order valence-electron chi connectivity index (χ2n) is 4.73. The van der Waals surface area contributed by atoms with E-state index in [0.717, 1.165) is 13.1 Å². The molecule has 18 heavy (non-hydrogen) atoms. The van der Waals surface area contributed by atoms with Gasteiger partial charge in [-0.1, -0.05) is 18.2 Å². The topological polar surface area (TPSA) is 17.0 Å². The van der Waals surface area contributed by atoms with Gasteiger partial charge >= 0.3 is 0 Å². The molecule has 1 aromatic heterocycles. The minimum Gasteiger partial charge on any atom is -0.349 e. The van der Waals surface area contributed by atoms with E-state index in [1.807, 2.05) is 18.8 Å². The minimum absolute atomic E-state index is 0.672. The van der Waals surface area contributed by atoms with Gasteiger partial charge in [-0.05, 0) is 37.2 Å². The second kappa shape index (κ2) is 5.21. The van der Waals surface area contributed by atoms with Gasteiger partial charge in [-0.3, -0.25) is 0 Å². The van der Waals surface area contributed by atoms with Crippen LogP contribution in [0.4, 0.5) is 0 Å². The highest BCUT2D eigenvalue weighted by atomic mass is 32.2. The molecule has 3 heteroatoms. The lowest BCUT2D eigenvalue weighted by molar-refractivity contribution is 0.620. The molecule has 2 aromatic rings. The van der Waals surface area contributed by atoms with Crippen molar-refractivity contribution in [2.45, 2.75) is 29.7 Å². The summed E-state index contributed by atoms with van der Waals surface area (Å²) in [4.78, 5) is 1.46. The molecule has 1 atom stereocenters. The third-order valence-electron chi connectivity index (χ3n) is 3.40. The van der Waals surface area contributed by atoms with Crippen LogP contribution in [0.3, 0.4) is 0 Å². The average molecular weight is 258 g/mol. The highest BCUT2D eigenvalue weighted by Crippen LogP contribution is 2.37. The number of aromatic nitrogens is 1. The number of hydrogen-bond donors (Lipinski definition) is 1. The lowest BCUT2D eigenvalue weighted by Crippen LogP contribution is -2.16. The molecule has 0 spiro atoms. The van der Waals surface area contributed by atoms with E-state index in [-0.39, 0.29) is 0 Å². The molecule has 0 fully saturated rings. The second-order valence-corrected chi connectivity index (χ2v) is 6.08. The highest BCUT2D eigenvalue weighted by molar-refractivity contribution is 8.00. The van der Waals surface area contributed by atoms with E-state index in [4.69, 9.17) is 0 Å². The summed E-state index contributed by atoms with van der Waals surface area (Å²) in [5.41, 5.74) is 2.88. The van der Waals surface area contributed by atoms with Crippen LogP contribution in [0.5, 0.6) is 0 Å². The van der Waals surface area contributed by atoms with E-state index in [9.17, 15) is 0 Å². The van der Waals surface area contributed by atoms with E-state index in [1.54, 1.807) is 0 Å². The molecule has 0 saturated carbocycles. The van der Waals surface area contributed by atoms with Crippen LogP contribution in [0.1, 0.15) is 11.3 Å². The van der Waals surface area contributed by atoms with E-state index in [0.29, 0.717) is 5.25 Å². The Morgan fingerprint density at radius 1 is 1.28 bits per heavy atom. The van der Waals surface area contributed by atoms with Gasteiger partial charge in [0.05, 0.1) is 0 Å². The Bertz CT molecular complexity index is 508. The molecule has 2 heterocycles. The fourth-order valence-corrected chi connectivity index (χ4v) is 3.86. The SMILES string of the molecule is CNCc1cccn1CC1Cc2ccccc2S1. The van der Waals surface area contributed by atoms with Crippen molar-refractivity contribution in [3.63, 3.8) is 0 Å². The van der Waals surface area contributed by atoms with Crippen molar-refractivity contribution in [2.75, 3.05) is 7.05 Å². The first-order valence-electron chi connectivity index (χ1n) is 6.40. The van der Waals surface area contributed by atoms with E-state index in [2.05, 4.69) is 52.5 Å². The first-order valence-corrected chi connectivity index (χ1v) is 7.28. The van der Waals surface area contributed by atoms with Crippen LogP contribution in [0, 0.1) is 0 Å². The van der Waals surface area contributed by atoms with Gasteiger partial charge in [-0.2, -0.15) is 0 Å². The first-order chi connectivity index (χ1) is 8.86. The van der Waals surface area contributed by atoms with Crippen molar-refractivity contribution in [3.05, 3.63) is 53.9 Å². The number of nitrogens with zero attached hydrogens (tertiary/aromatic N) is 1. The zero-order valence-electron chi connectivity index (χ0n) is 10.6. The lowest BCUT2D eigenvalue weighted by atomic mass is 10.1. The van der Waals surface area contributed by atoms with Gasteiger partial charge in [-0.25, -0.2) is 0 Å². The summed E-state index contributed by atoms with van der Waals surface area (Å²) in [6.45, 7) is 2.04. The Kier molecular flexibility index (Phi) is 3.43. The van der Waals surface area contributed by atoms with E-state index >= 15 is 0 Å². The van der Waals surface area contributed by atoms with Crippen LogP contribution in [-0.2, 0) is 19.5 Å². The van der Waals surface area contributed by atoms with Crippen LogP contribution < -0.4 is 5.32 Å². The minimum atomic E-state index is 0.672. The molecule has 0 aliphatic carbocycles. The summed E-state index contributed by atoms with van der Waals surface area (Å²) in [7, 11) is 2.00. The molecule has 0 radical (unpaired) electrons. The molecule has 1 unspecified atom stereocenters. The van der Waals surface area contributed by atoms with Crippen molar-refractivity contribution in [2.24, 2.45) is 0 Å². The van der Waals surface area contributed by atoms with Crippen LogP contribution in [0.25, 0.3) is 0 Å². The number of fused-ring (bicyclic) bond motifs is 1. The van der Waals surface area contributed by atoms with Gasteiger partial charge in [0, 0.05) is 35.1 Å². The van der Waals surface area contributed by atoms with Crippen molar-refractivity contribution in [3.8, 4) is 0 Å². The van der Waals surface area contributed by atoms with Crippen LogP contribution in [0.15, 0.2) is 47.5 Å². The van der Waals surface area contributed by atoms with Gasteiger partial charge in [0.25, 0.3) is 0 Å². The van der Waals surface area contributed by atoms with Crippen molar-refractivity contribution in [1.29, 1.82) is 0 Å². The number of nitrogens with one attached hydrogen (secondary N) is 1. The Hall–Kier alpha value is -1.19. The van der Waals surface area contributed by atoms with Gasteiger partial charge in [0.2, 0.25) is 0 Å². The summed E-state index contributed by atoms with van der Waals surface area (Å²) >= 11 is 2.02. The number of thioether (sulfide) groups is 1. The largest absolute Gasteiger partial charge is 0.349 e. The normalized spacial score (nSPS) is 17.9. The molecular weight excluding hydrogens is 240 g/mol. The molecule has 0 saturated heterocycles. The fraction of sp³-hybridized carbons (Fsp3) is 0.333. The molecule has 1 aliphatic heterocycles. The van der Waals surface area contributed by atoms with Crippen molar-refractivity contribution < 1.29 is 0 Å². The van der Waals surface area contributed by atoms with Gasteiger partial charge < -0.3 is 9.88 Å². The molecule has 94 valence electrons. The maximum atomic E-state index is 3.22. The number of rotatable bonds is 4. The monoisotopic (exact) mass is 258 g/mol. The average Bonchev–Trinajstić information content (AvgIpc) is 2.97. The smallest absolute Gasteiger partial charge is 0.0356 e. The quantitative estimate of drug-likeness (QED) is 0.908.